The summed E-state index contributed by atoms with van der Waals surface area (Å²) in [5.74, 6) is -0.522. The molecule has 1 aliphatic heterocycles. The standard InChI is InChI=1S/C13H13F3N2O2/c1-18-7-10(12(19)20-2)17-11(18)8-3-5-9(6-4-8)13(14,15)16/h3-7,11,17H,1-2H3. The predicted octanol–water partition coefficient (Wildman–Crippen LogP) is 2.25. The molecule has 0 saturated carbocycles. The van der Waals surface area contributed by atoms with Gasteiger partial charge >= 0.3 is 12.1 Å². The summed E-state index contributed by atoms with van der Waals surface area (Å²) in [4.78, 5) is 13.1. The van der Waals surface area contributed by atoms with E-state index < -0.39 is 23.9 Å². The van der Waals surface area contributed by atoms with Gasteiger partial charge in [-0.2, -0.15) is 13.2 Å². The minimum absolute atomic E-state index is 0.264. The number of hydrogen-bond donors (Lipinski definition) is 1. The number of esters is 1. The van der Waals surface area contributed by atoms with E-state index in [1.165, 1.54) is 19.2 Å². The van der Waals surface area contributed by atoms with Crippen molar-refractivity contribution in [2.45, 2.75) is 12.3 Å². The van der Waals surface area contributed by atoms with E-state index in [0.29, 0.717) is 5.56 Å². The van der Waals surface area contributed by atoms with Gasteiger partial charge in [-0.25, -0.2) is 4.79 Å². The number of nitrogens with zero attached hydrogens (tertiary/aromatic N) is 1. The van der Waals surface area contributed by atoms with Crippen LogP contribution in [0.2, 0.25) is 0 Å². The van der Waals surface area contributed by atoms with Crippen LogP contribution in [0.5, 0.6) is 0 Å². The second-order valence-corrected chi connectivity index (χ2v) is 4.37. The highest BCUT2D eigenvalue weighted by Gasteiger charge is 2.31. The van der Waals surface area contributed by atoms with Crippen LogP contribution < -0.4 is 5.32 Å². The fourth-order valence-electron chi connectivity index (χ4n) is 1.96. The fourth-order valence-corrected chi connectivity index (χ4v) is 1.96. The van der Waals surface area contributed by atoms with E-state index in [9.17, 15) is 18.0 Å². The van der Waals surface area contributed by atoms with Crippen molar-refractivity contribution in [3.05, 3.63) is 47.3 Å². The number of benzene rings is 1. The van der Waals surface area contributed by atoms with Crippen LogP contribution in [0.25, 0.3) is 0 Å². The zero-order chi connectivity index (χ0) is 14.9. The molecule has 20 heavy (non-hydrogen) atoms. The van der Waals surface area contributed by atoms with Crippen LogP contribution >= 0.6 is 0 Å². The lowest BCUT2D eigenvalue weighted by Gasteiger charge is -2.22. The van der Waals surface area contributed by atoms with E-state index in [1.807, 2.05) is 0 Å². The van der Waals surface area contributed by atoms with Gasteiger partial charge in [-0.05, 0) is 17.7 Å². The second-order valence-electron chi connectivity index (χ2n) is 4.37. The van der Waals surface area contributed by atoms with E-state index in [-0.39, 0.29) is 5.70 Å². The summed E-state index contributed by atoms with van der Waals surface area (Å²) in [6.45, 7) is 0. The minimum atomic E-state index is -4.36. The molecule has 108 valence electrons. The Hall–Kier alpha value is -2.18. The average Bonchev–Trinajstić information content (AvgIpc) is 2.79. The molecule has 0 aromatic heterocycles. The van der Waals surface area contributed by atoms with Crippen LogP contribution in [0.15, 0.2) is 36.2 Å². The van der Waals surface area contributed by atoms with Gasteiger partial charge in [0.05, 0.1) is 12.7 Å². The van der Waals surface area contributed by atoms with Crippen molar-refractivity contribution in [1.29, 1.82) is 0 Å². The maximum Gasteiger partial charge on any atom is 0.416 e. The predicted molar refractivity (Wildman–Crippen MR) is 65.2 cm³/mol. The van der Waals surface area contributed by atoms with Gasteiger partial charge in [-0.15, -0.1) is 0 Å². The van der Waals surface area contributed by atoms with Gasteiger partial charge in [0.1, 0.15) is 11.9 Å². The van der Waals surface area contributed by atoms with Crippen LogP contribution in [-0.2, 0) is 15.7 Å². The van der Waals surface area contributed by atoms with Gasteiger partial charge in [0.2, 0.25) is 0 Å². The molecule has 0 radical (unpaired) electrons. The van der Waals surface area contributed by atoms with Gasteiger partial charge in [-0.1, -0.05) is 12.1 Å². The smallest absolute Gasteiger partial charge is 0.416 e. The molecule has 0 saturated heterocycles. The number of nitrogens with one attached hydrogen (secondary N) is 1. The van der Waals surface area contributed by atoms with Crippen molar-refractivity contribution in [2.75, 3.05) is 14.2 Å². The van der Waals surface area contributed by atoms with Gasteiger partial charge in [0.25, 0.3) is 0 Å². The third-order valence-electron chi connectivity index (χ3n) is 2.99. The Kier molecular flexibility index (Phi) is 3.61. The van der Waals surface area contributed by atoms with Crippen molar-refractivity contribution < 1.29 is 22.7 Å². The summed E-state index contributed by atoms with van der Waals surface area (Å²) in [6.07, 6.45) is -3.21. The van der Waals surface area contributed by atoms with Gasteiger partial charge < -0.3 is 15.0 Å². The molecule has 1 aliphatic rings. The van der Waals surface area contributed by atoms with E-state index in [0.717, 1.165) is 12.1 Å². The average molecular weight is 286 g/mol. The number of hydrogen-bond acceptors (Lipinski definition) is 4. The molecule has 0 fully saturated rings. The van der Waals surface area contributed by atoms with Crippen molar-refractivity contribution >= 4 is 5.97 Å². The lowest BCUT2D eigenvalue weighted by atomic mass is 10.1. The number of methoxy groups -OCH3 is 1. The van der Waals surface area contributed by atoms with Gasteiger partial charge in [0.15, 0.2) is 0 Å². The molecule has 1 aromatic carbocycles. The van der Waals surface area contributed by atoms with E-state index >= 15 is 0 Å². The first-order chi connectivity index (χ1) is 9.32. The molecule has 0 bridgehead atoms. The topological polar surface area (TPSA) is 41.6 Å². The Morgan fingerprint density at radius 2 is 1.90 bits per heavy atom. The molecule has 2 rings (SSSR count). The van der Waals surface area contributed by atoms with E-state index in [4.69, 9.17) is 0 Å². The van der Waals surface area contributed by atoms with Crippen LogP contribution in [0.4, 0.5) is 13.2 Å². The lowest BCUT2D eigenvalue weighted by molar-refractivity contribution is -0.138. The van der Waals surface area contributed by atoms with Gasteiger partial charge in [0, 0.05) is 13.2 Å². The fraction of sp³-hybridized carbons (Fsp3) is 0.308. The third-order valence-corrected chi connectivity index (χ3v) is 2.99. The van der Waals surface area contributed by atoms with Crippen LogP contribution in [0, 0.1) is 0 Å². The summed E-state index contributed by atoms with van der Waals surface area (Å²) in [5.41, 5.74) is 0.179. The van der Waals surface area contributed by atoms with Crippen molar-refractivity contribution in [3.8, 4) is 0 Å². The quantitative estimate of drug-likeness (QED) is 0.847. The van der Waals surface area contributed by atoms with Crippen LogP contribution in [0.1, 0.15) is 17.3 Å². The van der Waals surface area contributed by atoms with Crippen LogP contribution in [-0.4, -0.2) is 25.0 Å². The number of carbonyl (C=O) groups excluding carboxylic acids is 1. The third kappa shape index (κ3) is 2.71. The number of ether oxygens (including phenoxy) is 1. The van der Waals surface area contributed by atoms with Crippen molar-refractivity contribution in [3.63, 3.8) is 0 Å². The molecule has 0 aliphatic carbocycles. The molecule has 0 amide bonds. The number of alkyl halides is 3. The first-order valence-electron chi connectivity index (χ1n) is 5.78. The zero-order valence-corrected chi connectivity index (χ0v) is 10.9. The highest BCUT2D eigenvalue weighted by Crippen LogP contribution is 2.31. The molecule has 7 heteroatoms. The Balaban J connectivity index is 2.16. The number of carbonyl (C=O) groups is 1. The molecular weight excluding hydrogens is 273 g/mol. The number of halogens is 3. The molecule has 1 heterocycles. The largest absolute Gasteiger partial charge is 0.464 e. The molecule has 1 N–H and O–H groups in total. The highest BCUT2D eigenvalue weighted by molar-refractivity contribution is 5.88. The molecule has 1 atom stereocenters. The monoisotopic (exact) mass is 286 g/mol. The molecule has 1 aromatic rings. The molecule has 0 spiro atoms. The molecule has 1 unspecified atom stereocenters. The lowest BCUT2D eigenvalue weighted by Crippen LogP contribution is -2.26. The Bertz CT molecular complexity index is 538. The first-order valence-corrected chi connectivity index (χ1v) is 5.78. The molecular formula is C13H13F3N2O2. The summed E-state index contributed by atoms with van der Waals surface area (Å²) >= 11 is 0. The Morgan fingerprint density at radius 3 is 2.40 bits per heavy atom. The molecule has 4 nitrogen and oxygen atoms in total. The SMILES string of the molecule is COC(=O)C1=CN(C)C(c2ccc(C(F)(F)F)cc2)N1. The normalized spacial score (nSPS) is 18.6. The summed E-state index contributed by atoms with van der Waals surface area (Å²) in [7, 11) is 2.97. The number of rotatable bonds is 2. The van der Waals surface area contributed by atoms with Crippen molar-refractivity contribution in [1.82, 2.24) is 10.2 Å². The zero-order valence-electron chi connectivity index (χ0n) is 10.9. The second kappa shape index (κ2) is 5.07. The summed E-state index contributed by atoms with van der Waals surface area (Å²) < 4.78 is 42.1. The van der Waals surface area contributed by atoms with Crippen molar-refractivity contribution in [2.24, 2.45) is 0 Å². The Labute approximate surface area is 113 Å². The maximum atomic E-state index is 12.5. The van der Waals surface area contributed by atoms with E-state index in [2.05, 4.69) is 10.1 Å². The highest BCUT2D eigenvalue weighted by atomic mass is 19.4. The Morgan fingerprint density at radius 1 is 1.30 bits per heavy atom. The maximum absolute atomic E-state index is 12.5. The van der Waals surface area contributed by atoms with Gasteiger partial charge in [-0.3, -0.25) is 0 Å². The first kappa shape index (κ1) is 14.2. The van der Waals surface area contributed by atoms with E-state index in [1.54, 1.807) is 18.1 Å². The minimum Gasteiger partial charge on any atom is -0.464 e. The summed E-state index contributed by atoms with van der Waals surface area (Å²) in [6, 6.07) is 4.79. The van der Waals surface area contributed by atoms with Crippen LogP contribution in [0.3, 0.4) is 0 Å². The summed E-state index contributed by atoms with van der Waals surface area (Å²) in [5, 5.41) is 2.90.